The smallest absolute Gasteiger partial charge is 0.330 e. The SMILES string of the molecule is COC(=O)/C=C/c1ccc(O)c(N)c1. The van der Waals surface area contributed by atoms with Crippen molar-refractivity contribution in [2.45, 2.75) is 0 Å². The summed E-state index contributed by atoms with van der Waals surface area (Å²) < 4.78 is 4.42. The quantitative estimate of drug-likeness (QED) is 0.320. The molecule has 0 radical (unpaired) electrons. The van der Waals surface area contributed by atoms with Crippen LogP contribution in [0.5, 0.6) is 5.75 Å². The zero-order chi connectivity index (χ0) is 10.6. The van der Waals surface area contributed by atoms with Gasteiger partial charge in [0.25, 0.3) is 0 Å². The second-order valence-corrected chi connectivity index (χ2v) is 2.67. The first-order valence-corrected chi connectivity index (χ1v) is 3.98. The summed E-state index contributed by atoms with van der Waals surface area (Å²) in [4.78, 5) is 10.7. The third kappa shape index (κ3) is 2.52. The number of carbonyl (C=O) groups is 1. The van der Waals surface area contributed by atoms with E-state index in [1.807, 2.05) is 0 Å². The van der Waals surface area contributed by atoms with Gasteiger partial charge in [-0.25, -0.2) is 4.79 Å². The Morgan fingerprint density at radius 3 is 2.86 bits per heavy atom. The Kier molecular flexibility index (Phi) is 3.12. The summed E-state index contributed by atoms with van der Waals surface area (Å²) in [6, 6.07) is 4.67. The molecule has 0 aliphatic carbocycles. The summed E-state index contributed by atoms with van der Waals surface area (Å²) in [7, 11) is 1.30. The summed E-state index contributed by atoms with van der Waals surface area (Å²) in [5, 5.41) is 9.13. The van der Waals surface area contributed by atoms with Gasteiger partial charge in [-0.1, -0.05) is 6.07 Å². The number of phenolic OH excluding ortho intramolecular Hbond substituents is 1. The maximum Gasteiger partial charge on any atom is 0.330 e. The van der Waals surface area contributed by atoms with E-state index in [9.17, 15) is 4.79 Å². The van der Waals surface area contributed by atoms with Crippen molar-refractivity contribution in [3.8, 4) is 5.75 Å². The molecular weight excluding hydrogens is 182 g/mol. The van der Waals surface area contributed by atoms with Gasteiger partial charge in [-0.05, 0) is 23.8 Å². The number of esters is 1. The highest BCUT2D eigenvalue weighted by Crippen LogP contribution is 2.20. The van der Waals surface area contributed by atoms with Crippen LogP contribution in [0.1, 0.15) is 5.56 Å². The van der Waals surface area contributed by atoms with E-state index in [1.165, 1.54) is 19.3 Å². The third-order valence-electron chi connectivity index (χ3n) is 1.66. The number of carbonyl (C=O) groups excluding carboxylic acids is 1. The van der Waals surface area contributed by atoms with E-state index < -0.39 is 5.97 Å². The number of hydrogen-bond donors (Lipinski definition) is 2. The van der Waals surface area contributed by atoms with Crippen molar-refractivity contribution in [2.75, 3.05) is 12.8 Å². The standard InChI is InChI=1S/C10H11NO3/c1-14-10(13)5-3-7-2-4-9(12)8(11)6-7/h2-6,12H,11H2,1H3/b5-3+. The first-order valence-electron chi connectivity index (χ1n) is 3.98. The van der Waals surface area contributed by atoms with E-state index in [2.05, 4.69) is 4.74 Å². The fourth-order valence-electron chi connectivity index (χ4n) is 0.909. The molecule has 0 fully saturated rings. The van der Waals surface area contributed by atoms with Crippen LogP contribution in [0.15, 0.2) is 24.3 Å². The van der Waals surface area contributed by atoms with Crippen LogP contribution in [0.3, 0.4) is 0 Å². The maximum atomic E-state index is 10.7. The van der Waals surface area contributed by atoms with Crippen molar-refractivity contribution in [1.29, 1.82) is 0 Å². The molecule has 0 saturated carbocycles. The predicted octanol–water partition coefficient (Wildman–Crippen LogP) is 1.16. The molecule has 4 heteroatoms. The van der Waals surface area contributed by atoms with Crippen molar-refractivity contribution < 1.29 is 14.6 Å². The average Bonchev–Trinajstić information content (AvgIpc) is 2.19. The van der Waals surface area contributed by atoms with Gasteiger partial charge in [-0.15, -0.1) is 0 Å². The molecule has 0 aromatic heterocycles. The van der Waals surface area contributed by atoms with Gasteiger partial charge in [0.05, 0.1) is 12.8 Å². The highest BCUT2D eigenvalue weighted by atomic mass is 16.5. The van der Waals surface area contributed by atoms with Crippen molar-refractivity contribution in [3.63, 3.8) is 0 Å². The summed E-state index contributed by atoms with van der Waals surface area (Å²) >= 11 is 0. The molecule has 0 bridgehead atoms. The minimum absolute atomic E-state index is 0.0280. The fourth-order valence-corrected chi connectivity index (χ4v) is 0.909. The van der Waals surface area contributed by atoms with Crippen molar-refractivity contribution in [3.05, 3.63) is 29.8 Å². The second kappa shape index (κ2) is 4.32. The lowest BCUT2D eigenvalue weighted by Gasteiger charge is -1.99. The third-order valence-corrected chi connectivity index (χ3v) is 1.66. The first-order chi connectivity index (χ1) is 6.63. The van der Waals surface area contributed by atoms with Crippen LogP contribution in [-0.2, 0) is 9.53 Å². The summed E-state index contributed by atoms with van der Waals surface area (Å²) in [5.74, 6) is -0.406. The Bertz CT molecular complexity index is 372. The lowest BCUT2D eigenvalue weighted by Crippen LogP contribution is -1.93. The van der Waals surface area contributed by atoms with Gasteiger partial charge in [0.1, 0.15) is 5.75 Å². The van der Waals surface area contributed by atoms with Crippen molar-refractivity contribution in [1.82, 2.24) is 0 Å². The Morgan fingerprint density at radius 2 is 2.29 bits per heavy atom. The zero-order valence-corrected chi connectivity index (χ0v) is 7.73. The Balaban J connectivity index is 2.83. The van der Waals surface area contributed by atoms with Crippen LogP contribution in [0.2, 0.25) is 0 Å². The monoisotopic (exact) mass is 193 g/mol. The number of ether oxygens (including phenoxy) is 1. The van der Waals surface area contributed by atoms with E-state index in [0.29, 0.717) is 0 Å². The summed E-state index contributed by atoms with van der Waals surface area (Å²) in [5.41, 5.74) is 6.46. The number of methoxy groups -OCH3 is 1. The Labute approximate surface area is 81.6 Å². The molecule has 1 rings (SSSR count). The van der Waals surface area contributed by atoms with Gasteiger partial charge in [0.15, 0.2) is 0 Å². The van der Waals surface area contributed by atoms with Crippen LogP contribution in [-0.4, -0.2) is 18.2 Å². The van der Waals surface area contributed by atoms with Gasteiger partial charge in [-0.3, -0.25) is 0 Å². The Hall–Kier alpha value is -1.97. The van der Waals surface area contributed by atoms with Gasteiger partial charge < -0.3 is 15.6 Å². The molecule has 0 heterocycles. The number of anilines is 1. The highest BCUT2D eigenvalue weighted by Gasteiger charge is 1.96. The van der Waals surface area contributed by atoms with Crippen LogP contribution in [0.4, 0.5) is 5.69 Å². The normalized spacial score (nSPS) is 10.4. The topological polar surface area (TPSA) is 72.5 Å². The summed E-state index contributed by atoms with van der Waals surface area (Å²) in [6.45, 7) is 0. The number of nitrogen functional groups attached to an aromatic ring is 1. The van der Waals surface area contributed by atoms with E-state index in [-0.39, 0.29) is 11.4 Å². The zero-order valence-electron chi connectivity index (χ0n) is 7.73. The van der Waals surface area contributed by atoms with Crippen LogP contribution >= 0.6 is 0 Å². The van der Waals surface area contributed by atoms with Crippen LogP contribution in [0.25, 0.3) is 6.08 Å². The number of hydrogen-bond acceptors (Lipinski definition) is 4. The molecule has 74 valence electrons. The first kappa shape index (κ1) is 10.1. The number of phenols is 1. The molecule has 4 nitrogen and oxygen atoms in total. The minimum Gasteiger partial charge on any atom is -0.506 e. The average molecular weight is 193 g/mol. The molecule has 0 spiro atoms. The number of benzene rings is 1. The molecule has 0 atom stereocenters. The van der Waals surface area contributed by atoms with Gasteiger partial charge in [0.2, 0.25) is 0 Å². The molecule has 3 N–H and O–H groups in total. The maximum absolute atomic E-state index is 10.7. The second-order valence-electron chi connectivity index (χ2n) is 2.67. The molecule has 14 heavy (non-hydrogen) atoms. The van der Waals surface area contributed by atoms with E-state index in [1.54, 1.807) is 18.2 Å². The number of aromatic hydroxyl groups is 1. The summed E-state index contributed by atoms with van der Waals surface area (Å²) in [6.07, 6.45) is 2.84. The molecule has 0 aliphatic rings. The predicted molar refractivity (Wildman–Crippen MR) is 53.6 cm³/mol. The molecular formula is C10H11NO3. The van der Waals surface area contributed by atoms with Crippen molar-refractivity contribution >= 4 is 17.7 Å². The molecule has 0 amide bonds. The van der Waals surface area contributed by atoms with Gasteiger partial charge in [0, 0.05) is 6.08 Å². The number of nitrogens with two attached hydrogens (primary N) is 1. The van der Waals surface area contributed by atoms with Crippen LogP contribution in [0, 0.1) is 0 Å². The van der Waals surface area contributed by atoms with E-state index in [0.717, 1.165) is 5.56 Å². The van der Waals surface area contributed by atoms with Gasteiger partial charge >= 0.3 is 5.97 Å². The molecule has 1 aromatic rings. The minimum atomic E-state index is -0.434. The van der Waals surface area contributed by atoms with E-state index >= 15 is 0 Å². The molecule has 0 unspecified atom stereocenters. The molecule has 0 aliphatic heterocycles. The van der Waals surface area contributed by atoms with Crippen molar-refractivity contribution in [2.24, 2.45) is 0 Å². The molecule has 1 aromatic carbocycles. The lowest BCUT2D eigenvalue weighted by atomic mass is 10.2. The van der Waals surface area contributed by atoms with Crippen LogP contribution < -0.4 is 5.73 Å². The highest BCUT2D eigenvalue weighted by molar-refractivity contribution is 5.87. The Morgan fingerprint density at radius 1 is 1.57 bits per heavy atom. The van der Waals surface area contributed by atoms with E-state index in [4.69, 9.17) is 10.8 Å². The fraction of sp³-hybridized carbons (Fsp3) is 0.100. The number of rotatable bonds is 2. The lowest BCUT2D eigenvalue weighted by molar-refractivity contribution is -0.134. The molecule has 0 saturated heterocycles. The largest absolute Gasteiger partial charge is 0.506 e. The van der Waals surface area contributed by atoms with Gasteiger partial charge in [-0.2, -0.15) is 0 Å².